The fraction of sp³-hybridized carbons (Fsp3) is 0.143. The molecule has 1 aromatic carbocycles. The van der Waals surface area contributed by atoms with Crippen LogP contribution in [-0.4, -0.2) is 24.0 Å². The second kappa shape index (κ2) is 6.39. The lowest BCUT2D eigenvalue weighted by atomic mass is 10.3. The van der Waals surface area contributed by atoms with E-state index >= 15 is 0 Å². The summed E-state index contributed by atoms with van der Waals surface area (Å²) < 4.78 is 5.46. The highest BCUT2D eigenvalue weighted by atomic mass is 16.5. The first kappa shape index (κ1) is 12.1. The molecule has 0 bridgehead atoms. The summed E-state index contributed by atoms with van der Waals surface area (Å²) in [5.74, 6) is 0.660. The summed E-state index contributed by atoms with van der Waals surface area (Å²) in [6.07, 6.45) is 3.17. The first-order valence-electron chi connectivity index (χ1n) is 5.72. The summed E-state index contributed by atoms with van der Waals surface area (Å²) in [7, 11) is 0. The van der Waals surface area contributed by atoms with Crippen LogP contribution in [0.5, 0.6) is 5.75 Å². The Bertz CT molecular complexity index is 486. The van der Waals surface area contributed by atoms with Crippen LogP contribution >= 0.6 is 0 Å². The van der Waals surface area contributed by atoms with Crippen molar-refractivity contribution in [1.29, 1.82) is 0 Å². The van der Waals surface area contributed by atoms with Gasteiger partial charge in [-0.2, -0.15) is 0 Å². The number of ether oxygens (including phenoxy) is 1. The van der Waals surface area contributed by atoms with Crippen molar-refractivity contribution in [3.63, 3.8) is 0 Å². The Balaban J connectivity index is 1.72. The minimum absolute atomic E-state index is 0.139. The molecule has 0 unspecified atom stereocenters. The molecule has 4 nitrogen and oxygen atoms in total. The van der Waals surface area contributed by atoms with E-state index in [-0.39, 0.29) is 5.91 Å². The van der Waals surface area contributed by atoms with Crippen LogP contribution in [0.4, 0.5) is 0 Å². The zero-order valence-electron chi connectivity index (χ0n) is 9.87. The lowest BCUT2D eigenvalue weighted by Crippen LogP contribution is -2.28. The van der Waals surface area contributed by atoms with Crippen LogP contribution in [-0.2, 0) is 0 Å². The summed E-state index contributed by atoms with van der Waals surface area (Å²) in [4.78, 5) is 15.5. The summed E-state index contributed by atoms with van der Waals surface area (Å²) >= 11 is 0. The average molecular weight is 242 g/mol. The van der Waals surface area contributed by atoms with Crippen molar-refractivity contribution in [2.24, 2.45) is 0 Å². The Morgan fingerprint density at radius 2 is 2.00 bits per heavy atom. The van der Waals surface area contributed by atoms with Gasteiger partial charge in [0, 0.05) is 12.4 Å². The van der Waals surface area contributed by atoms with Crippen molar-refractivity contribution in [2.45, 2.75) is 0 Å². The molecule has 0 saturated carbocycles. The number of hydrogen-bond acceptors (Lipinski definition) is 3. The number of para-hydroxylation sites is 1. The smallest absolute Gasteiger partial charge is 0.252 e. The van der Waals surface area contributed by atoms with E-state index in [2.05, 4.69) is 10.3 Å². The fourth-order valence-corrected chi connectivity index (χ4v) is 1.45. The molecule has 0 fully saturated rings. The highest BCUT2D eigenvalue weighted by Gasteiger charge is 2.03. The summed E-state index contributed by atoms with van der Waals surface area (Å²) in [5.41, 5.74) is 0.553. The SMILES string of the molecule is O=C(NCCOc1ccccc1)c1cccnc1. The molecule has 0 atom stereocenters. The van der Waals surface area contributed by atoms with Gasteiger partial charge in [0.15, 0.2) is 0 Å². The van der Waals surface area contributed by atoms with Crippen LogP contribution in [0, 0.1) is 0 Å². The van der Waals surface area contributed by atoms with Crippen LogP contribution in [0.2, 0.25) is 0 Å². The number of nitrogens with one attached hydrogen (secondary N) is 1. The van der Waals surface area contributed by atoms with Gasteiger partial charge in [0.25, 0.3) is 5.91 Å². The molecule has 0 aliphatic rings. The average Bonchev–Trinajstić information content (AvgIpc) is 2.45. The van der Waals surface area contributed by atoms with E-state index in [0.29, 0.717) is 18.7 Å². The van der Waals surface area contributed by atoms with Crippen molar-refractivity contribution >= 4 is 5.91 Å². The van der Waals surface area contributed by atoms with E-state index in [1.165, 1.54) is 6.20 Å². The molecule has 1 heterocycles. The van der Waals surface area contributed by atoms with Gasteiger partial charge in [-0.05, 0) is 24.3 Å². The standard InChI is InChI=1S/C14H14N2O2/c17-14(12-5-4-8-15-11-12)16-9-10-18-13-6-2-1-3-7-13/h1-8,11H,9-10H2,(H,16,17). The quantitative estimate of drug-likeness (QED) is 0.814. The predicted molar refractivity (Wildman–Crippen MR) is 68.5 cm³/mol. The molecule has 2 aromatic rings. The lowest BCUT2D eigenvalue weighted by Gasteiger charge is -2.07. The van der Waals surface area contributed by atoms with Crippen LogP contribution in [0.25, 0.3) is 0 Å². The Hall–Kier alpha value is -2.36. The summed E-state index contributed by atoms with van der Waals surface area (Å²) in [5, 5.41) is 2.77. The van der Waals surface area contributed by atoms with Gasteiger partial charge in [-0.15, -0.1) is 0 Å². The van der Waals surface area contributed by atoms with Gasteiger partial charge in [-0.1, -0.05) is 18.2 Å². The number of aromatic nitrogens is 1. The van der Waals surface area contributed by atoms with E-state index in [9.17, 15) is 4.79 Å². The molecule has 0 radical (unpaired) electrons. The third-order valence-electron chi connectivity index (χ3n) is 2.32. The molecule has 1 N–H and O–H groups in total. The van der Waals surface area contributed by atoms with Crippen LogP contribution in [0.1, 0.15) is 10.4 Å². The molecule has 2 rings (SSSR count). The van der Waals surface area contributed by atoms with Gasteiger partial charge in [0.1, 0.15) is 12.4 Å². The highest BCUT2D eigenvalue weighted by Crippen LogP contribution is 2.07. The Morgan fingerprint density at radius 1 is 1.17 bits per heavy atom. The van der Waals surface area contributed by atoms with Gasteiger partial charge in [-0.3, -0.25) is 9.78 Å². The zero-order chi connectivity index (χ0) is 12.6. The van der Waals surface area contributed by atoms with E-state index in [4.69, 9.17) is 4.74 Å². The molecule has 0 aliphatic heterocycles. The monoisotopic (exact) mass is 242 g/mol. The molecule has 1 aromatic heterocycles. The Morgan fingerprint density at radius 3 is 2.72 bits per heavy atom. The number of carbonyl (C=O) groups is 1. The maximum absolute atomic E-state index is 11.6. The molecule has 0 aliphatic carbocycles. The lowest BCUT2D eigenvalue weighted by molar-refractivity contribution is 0.0946. The van der Waals surface area contributed by atoms with E-state index < -0.39 is 0 Å². The third kappa shape index (κ3) is 3.59. The number of hydrogen-bond donors (Lipinski definition) is 1. The topological polar surface area (TPSA) is 51.2 Å². The zero-order valence-corrected chi connectivity index (χ0v) is 9.87. The number of carbonyl (C=O) groups excluding carboxylic acids is 1. The van der Waals surface area contributed by atoms with E-state index in [1.54, 1.807) is 18.3 Å². The Labute approximate surface area is 106 Å². The maximum atomic E-state index is 11.6. The van der Waals surface area contributed by atoms with Gasteiger partial charge in [0.05, 0.1) is 12.1 Å². The number of amides is 1. The number of nitrogens with zero attached hydrogens (tertiary/aromatic N) is 1. The van der Waals surface area contributed by atoms with Crippen LogP contribution in [0.3, 0.4) is 0 Å². The van der Waals surface area contributed by atoms with Crippen molar-refractivity contribution in [3.05, 3.63) is 60.4 Å². The van der Waals surface area contributed by atoms with Crippen LogP contribution < -0.4 is 10.1 Å². The van der Waals surface area contributed by atoms with Gasteiger partial charge in [0.2, 0.25) is 0 Å². The second-order valence-electron chi connectivity index (χ2n) is 3.66. The fourth-order valence-electron chi connectivity index (χ4n) is 1.45. The molecule has 0 spiro atoms. The Kier molecular flexibility index (Phi) is 4.30. The predicted octanol–water partition coefficient (Wildman–Crippen LogP) is 1.89. The largest absolute Gasteiger partial charge is 0.492 e. The molecular weight excluding hydrogens is 228 g/mol. The van der Waals surface area contributed by atoms with Crippen LogP contribution in [0.15, 0.2) is 54.9 Å². The normalized spacial score (nSPS) is 9.78. The molecule has 1 amide bonds. The first-order chi connectivity index (χ1) is 8.86. The third-order valence-corrected chi connectivity index (χ3v) is 2.32. The number of pyridine rings is 1. The summed E-state index contributed by atoms with van der Waals surface area (Å²) in [6.45, 7) is 0.901. The highest BCUT2D eigenvalue weighted by molar-refractivity contribution is 5.93. The van der Waals surface area contributed by atoms with Gasteiger partial charge in [-0.25, -0.2) is 0 Å². The van der Waals surface area contributed by atoms with Crippen molar-refractivity contribution in [2.75, 3.05) is 13.2 Å². The van der Waals surface area contributed by atoms with Gasteiger partial charge >= 0.3 is 0 Å². The minimum atomic E-state index is -0.139. The summed E-state index contributed by atoms with van der Waals surface area (Å²) in [6, 6.07) is 13.0. The van der Waals surface area contributed by atoms with Crippen molar-refractivity contribution < 1.29 is 9.53 Å². The molecule has 0 saturated heterocycles. The molecular formula is C14H14N2O2. The first-order valence-corrected chi connectivity index (χ1v) is 5.72. The molecule has 18 heavy (non-hydrogen) atoms. The van der Waals surface area contributed by atoms with Crippen molar-refractivity contribution in [1.82, 2.24) is 10.3 Å². The molecule has 92 valence electrons. The maximum Gasteiger partial charge on any atom is 0.252 e. The number of benzene rings is 1. The van der Waals surface area contributed by atoms with Crippen molar-refractivity contribution in [3.8, 4) is 5.75 Å². The van der Waals surface area contributed by atoms with E-state index in [1.807, 2.05) is 30.3 Å². The minimum Gasteiger partial charge on any atom is -0.492 e. The second-order valence-corrected chi connectivity index (χ2v) is 3.66. The molecule has 4 heteroatoms. The number of rotatable bonds is 5. The van der Waals surface area contributed by atoms with Gasteiger partial charge < -0.3 is 10.1 Å². The van der Waals surface area contributed by atoms with E-state index in [0.717, 1.165) is 5.75 Å².